The van der Waals surface area contributed by atoms with Crippen molar-refractivity contribution in [3.05, 3.63) is 93.2 Å². The molecule has 3 unspecified atom stereocenters. The summed E-state index contributed by atoms with van der Waals surface area (Å²) in [5, 5.41) is 2.53. The number of thiazole rings is 1. The Labute approximate surface area is 242 Å². The number of rotatable bonds is 7. The third kappa shape index (κ3) is 4.78. The number of hydrogen-bond acceptors (Lipinski definition) is 9. The number of hydrogen-bond donors (Lipinski definition) is 1. The third-order valence-corrected chi connectivity index (χ3v) is 9.70. The molecule has 2 aliphatic heterocycles. The Morgan fingerprint density at radius 1 is 0.951 bits per heavy atom. The molecule has 2 aromatic carbocycles. The number of ether oxygens (including phenoxy) is 2. The second-order valence-corrected chi connectivity index (χ2v) is 11.6. The minimum absolute atomic E-state index is 0.245. The van der Waals surface area contributed by atoms with Crippen LogP contribution in [0.4, 0.5) is 11.4 Å². The first-order valence-corrected chi connectivity index (χ1v) is 14.3. The molecule has 1 fully saturated rings. The minimum atomic E-state index is -0.785. The monoisotopic (exact) mass is 588 g/mol. The number of thioether (sulfide) groups is 1. The van der Waals surface area contributed by atoms with Gasteiger partial charge in [-0.1, -0.05) is 29.2 Å². The number of aromatic nitrogens is 2. The summed E-state index contributed by atoms with van der Waals surface area (Å²) >= 11 is 2.16. The molecule has 41 heavy (non-hydrogen) atoms. The number of pyridine rings is 1. The summed E-state index contributed by atoms with van der Waals surface area (Å²) in [6.07, 6.45) is 3.28. The fraction of sp³-hybridized carbons (Fsp3) is 0.207. The highest BCUT2D eigenvalue weighted by molar-refractivity contribution is 8.00. The number of benzene rings is 2. The first kappa shape index (κ1) is 26.8. The summed E-state index contributed by atoms with van der Waals surface area (Å²) in [5.74, 6) is -1.18. The van der Waals surface area contributed by atoms with Gasteiger partial charge in [-0.05, 0) is 60.2 Å². The molecule has 2 aromatic heterocycles. The molecule has 12 heteroatoms. The number of nitrogens with one attached hydrogen (secondary N) is 1. The second-order valence-electron chi connectivity index (χ2n) is 9.44. The van der Waals surface area contributed by atoms with Gasteiger partial charge in [-0.25, -0.2) is 4.90 Å². The third-order valence-electron chi connectivity index (χ3n) is 7.10. The Morgan fingerprint density at radius 3 is 2.27 bits per heavy atom. The van der Waals surface area contributed by atoms with Crippen molar-refractivity contribution >= 4 is 52.2 Å². The molecule has 3 amide bonds. The number of carbonyl (C=O) groups excluding carboxylic acids is 3. The quantitative estimate of drug-likeness (QED) is 0.324. The van der Waals surface area contributed by atoms with E-state index in [1.807, 2.05) is 6.07 Å². The van der Waals surface area contributed by atoms with Crippen molar-refractivity contribution in [2.75, 3.05) is 24.4 Å². The van der Waals surface area contributed by atoms with Crippen molar-refractivity contribution in [1.29, 1.82) is 0 Å². The van der Waals surface area contributed by atoms with Crippen LogP contribution < -0.4 is 24.6 Å². The Hall–Kier alpha value is -4.42. The SMILES string of the molecule is COc1ccc(NC(=O)Cn2c3c(sc2=O)C(c2cccnc2)C2C(=O)N(c4ccc(OC)cc4)C(=O)C2S3)cc1. The van der Waals surface area contributed by atoms with E-state index >= 15 is 0 Å². The maximum atomic E-state index is 13.9. The summed E-state index contributed by atoms with van der Waals surface area (Å²) in [6.45, 7) is -0.245. The second kappa shape index (κ2) is 10.9. The van der Waals surface area contributed by atoms with Gasteiger partial charge in [0.15, 0.2) is 0 Å². The van der Waals surface area contributed by atoms with E-state index in [0.717, 1.165) is 28.7 Å². The maximum absolute atomic E-state index is 13.9. The minimum Gasteiger partial charge on any atom is -0.497 e. The van der Waals surface area contributed by atoms with Crippen LogP contribution in [0.5, 0.6) is 11.5 Å². The van der Waals surface area contributed by atoms with E-state index in [1.54, 1.807) is 81.2 Å². The molecule has 2 aliphatic rings. The maximum Gasteiger partial charge on any atom is 0.308 e. The first-order valence-electron chi connectivity index (χ1n) is 12.7. The molecule has 1 N–H and O–H groups in total. The molecule has 0 aliphatic carbocycles. The lowest BCUT2D eigenvalue weighted by atomic mass is 9.84. The lowest BCUT2D eigenvalue weighted by molar-refractivity contribution is -0.122. The van der Waals surface area contributed by atoms with Gasteiger partial charge in [0.25, 0.3) is 0 Å². The van der Waals surface area contributed by atoms with E-state index in [-0.39, 0.29) is 23.2 Å². The van der Waals surface area contributed by atoms with Gasteiger partial charge >= 0.3 is 4.87 Å². The van der Waals surface area contributed by atoms with Crippen molar-refractivity contribution in [3.63, 3.8) is 0 Å². The summed E-state index contributed by atoms with van der Waals surface area (Å²) in [6, 6.07) is 17.2. The van der Waals surface area contributed by atoms with Crippen LogP contribution in [-0.4, -0.2) is 46.7 Å². The van der Waals surface area contributed by atoms with Gasteiger partial charge in [0, 0.05) is 28.9 Å². The zero-order valence-electron chi connectivity index (χ0n) is 22.0. The van der Waals surface area contributed by atoms with Crippen LogP contribution in [0.25, 0.3) is 0 Å². The van der Waals surface area contributed by atoms with E-state index < -0.39 is 23.0 Å². The number of carbonyl (C=O) groups is 3. The zero-order chi connectivity index (χ0) is 28.7. The molecule has 0 spiro atoms. The Bertz CT molecular complexity index is 1690. The molecule has 4 heterocycles. The summed E-state index contributed by atoms with van der Waals surface area (Å²) in [4.78, 5) is 59.7. The number of anilines is 2. The number of methoxy groups -OCH3 is 2. The van der Waals surface area contributed by atoms with E-state index in [4.69, 9.17) is 9.47 Å². The van der Waals surface area contributed by atoms with Crippen LogP contribution in [0, 0.1) is 5.92 Å². The van der Waals surface area contributed by atoms with Crippen molar-refractivity contribution in [2.45, 2.75) is 22.7 Å². The zero-order valence-corrected chi connectivity index (χ0v) is 23.6. The summed E-state index contributed by atoms with van der Waals surface area (Å²) in [7, 11) is 3.10. The van der Waals surface area contributed by atoms with Crippen LogP contribution in [0.1, 0.15) is 16.4 Å². The fourth-order valence-corrected chi connectivity index (χ4v) is 7.95. The Morgan fingerprint density at radius 2 is 1.63 bits per heavy atom. The summed E-state index contributed by atoms with van der Waals surface area (Å²) in [5.41, 5.74) is 1.72. The Balaban J connectivity index is 1.36. The molecular formula is C29H24N4O6S2. The Kier molecular flexibility index (Phi) is 7.10. The van der Waals surface area contributed by atoms with E-state index in [1.165, 1.54) is 9.47 Å². The molecule has 0 saturated carbocycles. The first-order chi connectivity index (χ1) is 19.9. The van der Waals surface area contributed by atoms with Crippen LogP contribution in [0.3, 0.4) is 0 Å². The molecule has 208 valence electrons. The van der Waals surface area contributed by atoms with Crippen LogP contribution in [0.2, 0.25) is 0 Å². The van der Waals surface area contributed by atoms with Gasteiger partial charge in [0.1, 0.15) is 23.3 Å². The van der Waals surface area contributed by atoms with Crippen molar-refractivity contribution in [1.82, 2.24) is 9.55 Å². The smallest absolute Gasteiger partial charge is 0.308 e. The van der Waals surface area contributed by atoms with Crippen LogP contribution in [-0.2, 0) is 20.9 Å². The number of fused-ring (bicyclic) bond motifs is 2. The predicted octanol–water partition coefficient (Wildman–Crippen LogP) is 3.76. The fourth-order valence-electron chi connectivity index (χ4n) is 5.18. The number of nitrogens with zero attached hydrogens (tertiary/aromatic N) is 3. The van der Waals surface area contributed by atoms with Crippen molar-refractivity contribution in [3.8, 4) is 11.5 Å². The van der Waals surface area contributed by atoms with Crippen LogP contribution in [0.15, 0.2) is 82.9 Å². The largest absolute Gasteiger partial charge is 0.497 e. The normalized spacial score (nSPS) is 19.5. The average Bonchev–Trinajstić information content (AvgIpc) is 3.44. The molecule has 10 nitrogen and oxygen atoms in total. The molecule has 6 rings (SSSR count). The standard InChI is InChI=1S/C29H24N4O6S2/c1-38-19-9-5-17(6-10-19)31-21(34)15-32-28-25(41-29(32)37)22(16-4-3-13-30-14-16)23-24(40-28)27(36)33(26(23)35)18-7-11-20(39-2)12-8-18/h3-14,22-24H,15H2,1-2H3,(H,31,34). The molecule has 1 saturated heterocycles. The van der Waals surface area contributed by atoms with Crippen molar-refractivity contribution in [2.24, 2.45) is 5.92 Å². The molecule has 4 aromatic rings. The van der Waals surface area contributed by atoms with E-state index in [9.17, 15) is 19.2 Å². The van der Waals surface area contributed by atoms with Gasteiger partial charge in [0.2, 0.25) is 17.7 Å². The van der Waals surface area contributed by atoms with Crippen LogP contribution >= 0.6 is 23.1 Å². The van der Waals surface area contributed by atoms with Gasteiger partial charge < -0.3 is 14.8 Å². The highest BCUT2D eigenvalue weighted by Gasteiger charge is 2.56. The lowest BCUT2D eigenvalue weighted by Crippen LogP contribution is -2.33. The predicted molar refractivity (Wildman–Crippen MR) is 155 cm³/mol. The molecule has 0 bridgehead atoms. The van der Waals surface area contributed by atoms with Gasteiger partial charge in [-0.3, -0.25) is 28.7 Å². The van der Waals surface area contributed by atoms with Gasteiger partial charge in [-0.2, -0.15) is 0 Å². The van der Waals surface area contributed by atoms with Gasteiger partial charge in [-0.15, -0.1) is 0 Å². The average molecular weight is 589 g/mol. The molecule has 0 radical (unpaired) electrons. The molecule has 3 atom stereocenters. The van der Waals surface area contributed by atoms with Crippen molar-refractivity contribution < 1.29 is 23.9 Å². The topological polar surface area (TPSA) is 120 Å². The summed E-state index contributed by atoms with van der Waals surface area (Å²) < 4.78 is 11.8. The number of amides is 3. The molecular weight excluding hydrogens is 564 g/mol. The lowest BCUT2D eigenvalue weighted by Gasteiger charge is -2.30. The highest BCUT2D eigenvalue weighted by atomic mass is 32.2. The van der Waals surface area contributed by atoms with E-state index in [2.05, 4.69) is 10.3 Å². The number of imide groups is 1. The van der Waals surface area contributed by atoms with E-state index in [0.29, 0.717) is 32.8 Å². The van der Waals surface area contributed by atoms with Gasteiger partial charge in [0.05, 0.1) is 30.9 Å². The highest BCUT2D eigenvalue weighted by Crippen LogP contribution is 2.53.